The number of fused-ring (bicyclic) bond motifs is 2. The molecule has 1 saturated carbocycles. The number of halogens is 1. The lowest BCUT2D eigenvalue weighted by Crippen LogP contribution is -2.40. The Hall–Kier alpha value is -5.77. The molecule has 0 radical (unpaired) electrons. The summed E-state index contributed by atoms with van der Waals surface area (Å²) in [5.74, 6) is 0.219. The topological polar surface area (TPSA) is 144 Å². The van der Waals surface area contributed by atoms with Crippen LogP contribution in [0.3, 0.4) is 0 Å². The van der Waals surface area contributed by atoms with Crippen LogP contribution in [-0.2, 0) is 21.1 Å². The van der Waals surface area contributed by atoms with Crippen LogP contribution in [0.4, 0.5) is 10.1 Å². The molecule has 0 spiro atoms. The average Bonchev–Trinajstić information content (AvgIpc) is 3.61. The Kier molecular flexibility index (Phi) is 10.2. The van der Waals surface area contributed by atoms with Crippen LogP contribution in [0.25, 0.3) is 22.7 Å². The van der Waals surface area contributed by atoms with E-state index >= 15 is 9.18 Å². The van der Waals surface area contributed by atoms with Gasteiger partial charge in [0.05, 0.1) is 52.2 Å². The van der Waals surface area contributed by atoms with Crippen LogP contribution in [-0.4, -0.2) is 78.5 Å². The smallest absolute Gasteiger partial charge is 0.338 e. The molecule has 2 aliphatic heterocycles. The Labute approximate surface area is 354 Å². The van der Waals surface area contributed by atoms with Gasteiger partial charge in [-0.2, -0.15) is 15.5 Å². The van der Waals surface area contributed by atoms with Crippen molar-refractivity contribution in [3.05, 3.63) is 117 Å². The van der Waals surface area contributed by atoms with Crippen LogP contribution in [0.5, 0.6) is 0 Å². The summed E-state index contributed by atoms with van der Waals surface area (Å²) in [5, 5.41) is 24.4. The minimum atomic E-state index is -2.63. The Balaban J connectivity index is 1.16. The predicted molar refractivity (Wildman–Crippen MR) is 233 cm³/mol. The highest BCUT2D eigenvalue weighted by molar-refractivity contribution is 7.71. The SMILES string of the molecule is CCP(=O)(CC)c1ccc(-n2ccn(-c3c4c(nn3-c3cc(C)c(F)c(C)c3)CCN(C(=O)c3cc5cc(C6CCOCC6)cnn5c3C3(C#N)CC3)[C@H]4C)c2=O)cc1NC. The number of imidazole rings is 1. The van der Waals surface area contributed by atoms with Crippen LogP contribution in [0.15, 0.2) is 65.8 Å². The zero-order valence-corrected chi connectivity index (χ0v) is 36.4. The van der Waals surface area contributed by atoms with Crippen LogP contribution < -0.4 is 16.3 Å². The zero-order valence-electron chi connectivity index (χ0n) is 35.5. The maximum absolute atomic E-state index is 15.1. The molecule has 13 nitrogen and oxygen atoms in total. The number of ether oxygens (including phenoxy) is 1. The summed E-state index contributed by atoms with van der Waals surface area (Å²) in [5.41, 5.74) is 5.92. The fourth-order valence-corrected chi connectivity index (χ4v) is 11.6. The number of amides is 1. The van der Waals surface area contributed by atoms with E-state index in [0.717, 1.165) is 34.9 Å². The molecule has 1 amide bonds. The van der Waals surface area contributed by atoms with Crippen LogP contribution >= 0.6 is 7.14 Å². The number of nitrogens with zero attached hydrogens (tertiary/aromatic N) is 8. The number of hydrogen-bond donors (Lipinski definition) is 1. The molecule has 0 bridgehead atoms. The van der Waals surface area contributed by atoms with Gasteiger partial charge in [-0.25, -0.2) is 18.4 Å². The third-order valence-electron chi connectivity index (χ3n) is 13.3. The molecule has 6 aromatic rings. The molecule has 316 valence electrons. The van der Waals surface area contributed by atoms with Gasteiger partial charge in [0.2, 0.25) is 0 Å². The van der Waals surface area contributed by atoms with Gasteiger partial charge in [0, 0.05) is 74.5 Å². The lowest BCUT2D eigenvalue weighted by Gasteiger charge is -2.34. The maximum atomic E-state index is 15.1. The van der Waals surface area contributed by atoms with Crippen LogP contribution in [0, 0.1) is 31.0 Å². The van der Waals surface area contributed by atoms with E-state index in [1.54, 1.807) is 54.6 Å². The van der Waals surface area contributed by atoms with Crippen molar-refractivity contribution >= 4 is 29.6 Å². The Morgan fingerprint density at radius 3 is 2.39 bits per heavy atom. The summed E-state index contributed by atoms with van der Waals surface area (Å²) < 4.78 is 41.0. The van der Waals surface area contributed by atoms with Gasteiger partial charge in [-0.05, 0) is 112 Å². The number of nitrogens with one attached hydrogen (secondary N) is 1. The Morgan fingerprint density at radius 1 is 1.03 bits per heavy atom. The molecule has 61 heavy (non-hydrogen) atoms. The van der Waals surface area contributed by atoms with E-state index < -0.39 is 18.6 Å². The number of rotatable bonds is 10. The first-order valence-corrected chi connectivity index (χ1v) is 23.4. The second kappa shape index (κ2) is 15.3. The van der Waals surface area contributed by atoms with Crippen molar-refractivity contribution in [2.75, 3.05) is 44.4 Å². The molecular formula is C46H51FN9O4P. The van der Waals surface area contributed by atoms with Gasteiger partial charge in [-0.3, -0.25) is 13.9 Å². The van der Waals surface area contributed by atoms with Crippen molar-refractivity contribution in [1.29, 1.82) is 5.26 Å². The van der Waals surface area contributed by atoms with Gasteiger partial charge < -0.3 is 19.5 Å². The molecule has 3 aliphatic rings. The van der Waals surface area contributed by atoms with Gasteiger partial charge in [-0.15, -0.1) is 0 Å². The molecule has 2 aromatic carbocycles. The van der Waals surface area contributed by atoms with E-state index in [9.17, 15) is 14.6 Å². The molecule has 15 heteroatoms. The monoisotopic (exact) mass is 843 g/mol. The third kappa shape index (κ3) is 6.55. The summed E-state index contributed by atoms with van der Waals surface area (Å²) in [6, 6.07) is 14.9. The first-order valence-electron chi connectivity index (χ1n) is 21.3. The minimum absolute atomic E-state index is 0.221. The number of carbonyl (C=O) groups is 1. The summed E-state index contributed by atoms with van der Waals surface area (Å²) >= 11 is 0. The Bertz CT molecular complexity index is 2860. The van der Waals surface area contributed by atoms with Gasteiger partial charge in [0.15, 0.2) is 0 Å². The quantitative estimate of drug-likeness (QED) is 0.140. The van der Waals surface area contributed by atoms with Gasteiger partial charge in [-0.1, -0.05) is 13.8 Å². The average molecular weight is 844 g/mol. The van der Waals surface area contributed by atoms with Crippen molar-refractivity contribution in [2.45, 2.75) is 84.1 Å². The third-order valence-corrected chi connectivity index (χ3v) is 16.7. The van der Waals surface area contributed by atoms with Crippen molar-refractivity contribution < 1.29 is 18.5 Å². The fraction of sp³-hybridized carbons (Fsp3) is 0.413. The molecule has 1 atom stereocenters. The highest BCUT2D eigenvalue weighted by Crippen LogP contribution is 2.50. The number of hydrogen-bond acceptors (Lipinski definition) is 8. The van der Waals surface area contributed by atoms with E-state index in [1.165, 1.54) is 9.13 Å². The number of benzene rings is 2. The maximum Gasteiger partial charge on any atom is 0.338 e. The largest absolute Gasteiger partial charge is 0.387 e. The highest BCUT2D eigenvalue weighted by atomic mass is 31.2. The molecule has 9 rings (SSSR count). The lowest BCUT2D eigenvalue weighted by molar-refractivity contribution is 0.0675. The number of anilines is 1. The van der Waals surface area contributed by atoms with Gasteiger partial charge in [0.25, 0.3) is 5.91 Å². The number of aromatic nitrogens is 6. The summed E-state index contributed by atoms with van der Waals surface area (Å²) in [6.07, 6.45) is 9.78. The van der Waals surface area contributed by atoms with Crippen LogP contribution in [0.2, 0.25) is 0 Å². The van der Waals surface area contributed by atoms with E-state index in [4.69, 9.17) is 14.9 Å². The van der Waals surface area contributed by atoms with Crippen molar-refractivity contribution in [3.8, 4) is 23.3 Å². The summed E-state index contributed by atoms with van der Waals surface area (Å²) in [6.45, 7) is 11.0. The van der Waals surface area contributed by atoms with E-state index in [0.29, 0.717) is 108 Å². The second-order valence-corrected chi connectivity index (χ2v) is 20.3. The standard InChI is InChI=1S/C46H51FN9O4P/c1-7-61(59,8-2)39-10-9-33(25-38(39)49-6)53-17-18-54(45(53)58)43-40-30(5)52(16-11-37(40)51-56(43)34-21-28(3)41(47)29(4)22-34)44(57)36-24-35-23-32(31-12-19-60-20-13-31)26-50-55(35)42(36)46(27-48)14-15-46/h9-10,17-18,21-26,30-31,49H,7-8,11-16,19-20H2,1-6H3/t30-/m0/s1. The van der Waals surface area contributed by atoms with Crippen molar-refractivity contribution in [2.24, 2.45) is 0 Å². The predicted octanol–water partition coefficient (Wildman–Crippen LogP) is 7.50. The molecule has 1 N–H and O–H groups in total. The zero-order chi connectivity index (χ0) is 43.0. The van der Waals surface area contributed by atoms with Crippen molar-refractivity contribution in [1.82, 2.24) is 33.4 Å². The first kappa shape index (κ1) is 40.6. The normalized spacial score (nSPS) is 17.7. The first-order chi connectivity index (χ1) is 29.4. The minimum Gasteiger partial charge on any atom is -0.387 e. The second-order valence-electron chi connectivity index (χ2n) is 16.8. The van der Waals surface area contributed by atoms with Crippen LogP contribution in [0.1, 0.15) is 102 Å². The molecule has 6 heterocycles. The molecule has 0 unspecified atom stereocenters. The van der Waals surface area contributed by atoms with Crippen molar-refractivity contribution in [3.63, 3.8) is 0 Å². The molecule has 1 aliphatic carbocycles. The summed E-state index contributed by atoms with van der Waals surface area (Å²) in [4.78, 5) is 31.6. The number of carbonyl (C=O) groups excluding carboxylic acids is 1. The van der Waals surface area contributed by atoms with Gasteiger partial charge >= 0.3 is 5.69 Å². The molecule has 2 fully saturated rings. The molecular weight excluding hydrogens is 793 g/mol. The van der Waals surface area contributed by atoms with E-state index in [1.807, 2.05) is 56.1 Å². The van der Waals surface area contributed by atoms with E-state index in [2.05, 4.69) is 17.5 Å². The number of aryl methyl sites for hydroxylation is 2. The lowest BCUT2D eigenvalue weighted by atomic mass is 9.93. The Morgan fingerprint density at radius 2 is 1.74 bits per heavy atom. The molecule has 1 saturated heterocycles. The number of nitriles is 1. The fourth-order valence-electron chi connectivity index (χ4n) is 9.56. The summed E-state index contributed by atoms with van der Waals surface area (Å²) in [7, 11) is -0.852. The van der Waals surface area contributed by atoms with Gasteiger partial charge in [0.1, 0.15) is 24.2 Å². The van der Waals surface area contributed by atoms with E-state index in [-0.39, 0.29) is 17.4 Å². The highest BCUT2D eigenvalue weighted by Gasteiger charge is 2.51. The molecule has 4 aromatic heterocycles.